The van der Waals surface area contributed by atoms with Gasteiger partial charge in [-0.15, -0.1) is 0 Å². The number of halogens is 1. The number of hydrogen-bond acceptors (Lipinski definition) is 5. The zero-order valence-corrected chi connectivity index (χ0v) is 13.4. The van der Waals surface area contributed by atoms with Crippen LogP contribution in [0.3, 0.4) is 0 Å². The summed E-state index contributed by atoms with van der Waals surface area (Å²) in [5.41, 5.74) is 1.74. The molecule has 0 aliphatic carbocycles. The number of anilines is 2. The molecule has 0 unspecified atom stereocenters. The van der Waals surface area contributed by atoms with Crippen LogP contribution in [0.4, 0.5) is 16.0 Å². The molecule has 24 heavy (non-hydrogen) atoms. The van der Waals surface area contributed by atoms with Crippen LogP contribution < -0.4 is 9.80 Å². The minimum absolute atomic E-state index is 0.180. The largest absolute Gasteiger partial charge is 0.338 e. The van der Waals surface area contributed by atoms with Crippen molar-refractivity contribution in [3.63, 3.8) is 0 Å². The molecule has 1 amide bonds. The van der Waals surface area contributed by atoms with Gasteiger partial charge in [0.2, 0.25) is 5.95 Å². The number of carbonyl (C=O) groups is 1. The van der Waals surface area contributed by atoms with Gasteiger partial charge in [0.15, 0.2) is 0 Å². The summed E-state index contributed by atoms with van der Waals surface area (Å²) in [7, 11) is 2.09. The Morgan fingerprint density at radius 3 is 2.71 bits per heavy atom. The van der Waals surface area contributed by atoms with Crippen LogP contribution in [-0.2, 0) is 6.54 Å². The number of rotatable bonds is 2. The number of amides is 1. The van der Waals surface area contributed by atoms with Gasteiger partial charge in [-0.1, -0.05) is 6.07 Å². The van der Waals surface area contributed by atoms with Gasteiger partial charge in [0.25, 0.3) is 5.91 Å². The van der Waals surface area contributed by atoms with E-state index in [9.17, 15) is 9.18 Å². The highest BCUT2D eigenvalue weighted by Crippen LogP contribution is 2.28. The normalized spacial score (nSPS) is 18.2. The zero-order chi connectivity index (χ0) is 16.7. The fraction of sp³-hybridized carbons (Fsp3) is 0.353. The standard InChI is InChI=1S/C17H18FN5O/c1-21-5-7-22(8-6-21)17-19-10-14-15(20-17)11-23(16(14)24)13-4-2-3-12(18)9-13/h2-4,9-10H,5-8,11H2,1H3. The Kier molecular flexibility index (Phi) is 3.65. The Labute approximate surface area is 139 Å². The first-order valence-electron chi connectivity index (χ1n) is 7.98. The van der Waals surface area contributed by atoms with Crippen LogP contribution >= 0.6 is 0 Å². The molecule has 0 atom stereocenters. The average Bonchev–Trinajstić information content (AvgIpc) is 2.92. The molecule has 4 rings (SSSR count). The quantitative estimate of drug-likeness (QED) is 0.837. The molecule has 0 spiro atoms. The van der Waals surface area contributed by atoms with Crippen molar-refractivity contribution >= 4 is 17.5 Å². The molecule has 0 bridgehead atoms. The predicted molar refractivity (Wildman–Crippen MR) is 88.7 cm³/mol. The maximum Gasteiger partial charge on any atom is 0.262 e. The second-order valence-corrected chi connectivity index (χ2v) is 6.19. The van der Waals surface area contributed by atoms with E-state index in [-0.39, 0.29) is 11.7 Å². The minimum Gasteiger partial charge on any atom is -0.338 e. The van der Waals surface area contributed by atoms with E-state index in [1.807, 2.05) is 0 Å². The Hall–Kier alpha value is -2.54. The first kappa shape index (κ1) is 15.0. The lowest BCUT2D eigenvalue weighted by molar-refractivity contribution is 0.0996. The molecular formula is C17H18FN5O. The van der Waals surface area contributed by atoms with Crippen molar-refractivity contribution < 1.29 is 9.18 Å². The van der Waals surface area contributed by atoms with E-state index in [2.05, 4.69) is 26.8 Å². The summed E-state index contributed by atoms with van der Waals surface area (Å²) in [6.45, 7) is 4.03. The lowest BCUT2D eigenvalue weighted by atomic mass is 10.2. The van der Waals surface area contributed by atoms with Crippen molar-refractivity contribution in [2.24, 2.45) is 0 Å². The van der Waals surface area contributed by atoms with Gasteiger partial charge >= 0.3 is 0 Å². The van der Waals surface area contributed by atoms with Gasteiger partial charge in [0.1, 0.15) is 5.82 Å². The lowest BCUT2D eigenvalue weighted by Gasteiger charge is -2.32. The maximum absolute atomic E-state index is 13.4. The van der Waals surface area contributed by atoms with Crippen molar-refractivity contribution in [1.29, 1.82) is 0 Å². The predicted octanol–water partition coefficient (Wildman–Crippen LogP) is 1.53. The third-order valence-electron chi connectivity index (χ3n) is 4.54. The van der Waals surface area contributed by atoms with Crippen LogP contribution in [0.5, 0.6) is 0 Å². The van der Waals surface area contributed by atoms with Gasteiger partial charge in [-0.25, -0.2) is 14.4 Å². The monoisotopic (exact) mass is 327 g/mol. The topological polar surface area (TPSA) is 52.6 Å². The molecule has 0 saturated carbocycles. The molecule has 1 fully saturated rings. The lowest BCUT2D eigenvalue weighted by Crippen LogP contribution is -2.45. The fourth-order valence-electron chi connectivity index (χ4n) is 3.08. The average molecular weight is 327 g/mol. The Morgan fingerprint density at radius 2 is 1.96 bits per heavy atom. The SMILES string of the molecule is CN1CCN(c2ncc3c(n2)CN(c2cccc(F)c2)C3=O)CC1. The number of nitrogens with zero attached hydrogens (tertiary/aromatic N) is 5. The third kappa shape index (κ3) is 2.60. The second kappa shape index (κ2) is 5.83. The van der Waals surface area contributed by atoms with Crippen molar-refractivity contribution in [3.8, 4) is 0 Å². The molecule has 0 N–H and O–H groups in total. The number of fused-ring (bicyclic) bond motifs is 1. The molecular weight excluding hydrogens is 309 g/mol. The van der Waals surface area contributed by atoms with Crippen molar-refractivity contribution in [3.05, 3.63) is 47.5 Å². The van der Waals surface area contributed by atoms with Gasteiger partial charge < -0.3 is 14.7 Å². The van der Waals surface area contributed by atoms with E-state index < -0.39 is 0 Å². The van der Waals surface area contributed by atoms with Crippen LogP contribution in [0.1, 0.15) is 16.1 Å². The molecule has 124 valence electrons. The van der Waals surface area contributed by atoms with E-state index >= 15 is 0 Å². The third-order valence-corrected chi connectivity index (χ3v) is 4.54. The molecule has 3 heterocycles. The summed E-state index contributed by atoms with van der Waals surface area (Å²) in [4.78, 5) is 27.4. The first-order chi connectivity index (χ1) is 11.6. The smallest absolute Gasteiger partial charge is 0.262 e. The Bertz CT molecular complexity index is 788. The summed E-state index contributed by atoms with van der Waals surface area (Å²) in [5, 5.41) is 0. The van der Waals surface area contributed by atoms with Crippen LogP contribution in [0, 0.1) is 5.82 Å². The molecule has 2 aromatic rings. The van der Waals surface area contributed by atoms with Crippen LogP contribution in [0.2, 0.25) is 0 Å². The van der Waals surface area contributed by atoms with E-state index in [1.54, 1.807) is 18.3 Å². The van der Waals surface area contributed by atoms with E-state index in [4.69, 9.17) is 0 Å². The first-order valence-corrected chi connectivity index (χ1v) is 7.98. The second-order valence-electron chi connectivity index (χ2n) is 6.19. The summed E-state index contributed by atoms with van der Waals surface area (Å²) in [5.74, 6) is 0.122. The Balaban J connectivity index is 1.59. The van der Waals surface area contributed by atoms with E-state index in [0.29, 0.717) is 29.4 Å². The number of piperazine rings is 1. The van der Waals surface area contributed by atoms with Gasteiger partial charge in [-0.05, 0) is 25.2 Å². The highest BCUT2D eigenvalue weighted by Gasteiger charge is 2.31. The van der Waals surface area contributed by atoms with E-state index in [1.165, 1.54) is 17.0 Å². The highest BCUT2D eigenvalue weighted by molar-refractivity contribution is 6.09. The number of hydrogen-bond donors (Lipinski definition) is 0. The fourth-order valence-corrected chi connectivity index (χ4v) is 3.08. The maximum atomic E-state index is 13.4. The molecule has 2 aliphatic rings. The van der Waals surface area contributed by atoms with Crippen molar-refractivity contribution in [2.75, 3.05) is 43.0 Å². The molecule has 1 saturated heterocycles. The number of carbonyl (C=O) groups excluding carboxylic acids is 1. The highest BCUT2D eigenvalue weighted by atomic mass is 19.1. The number of likely N-dealkylation sites (N-methyl/N-ethyl adjacent to an activating group) is 1. The van der Waals surface area contributed by atoms with Crippen molar-refractivity contribution in [2.45, 2.75) is 6.54 Å². The molecule has 1 aromatic heterocycles. The molecule has 7 heteroatoms. The summed E-state index contributed by atoms with van der Waals surface area (Å²) in [6, 6.07) is 6.05. The van der Waals surface area contributed by atoms with Gasteiger partial charge in [-0.3, -0.25) is 4.79 Å². The zero-order valence-electron chi connectivity index (χ0n) is 13.4. The van der Waals surface area contributed by atoms with Crippen LogP contribution in [0.25, 0.3) is 0 Å². The molecule has 6 nitrogen and oxygen atoms in total. The van der Waals surface area contributed by atoms with Gasteiger partial charge in [-0.2, -0.15) is 0 Å². The Morgan fingerprint density at radius 1 is 1.17 bits per heavy atom. The molecule has 0 radical (unpaired) electrons. The van der Waals surface area contributed by atoms with Gasteiger partial charge in [0.05, 0.1) is 17.8 Å². The molecule has 1 aromatic carbocycles. The molecule has 2 aliphatic heterocycles. The van der Waals surface area contributed by atoms with Gasteiger partial charge in [0, 0.05) is 38.1 Å². The number of benzene rings is 1. The van der Waals surface area contributed by atoms with Crippen LogP contribution in [0.15, 0.2) is 30.5 Å². The minimum atomic E-state index is -0.361. The van der Waals surface area contributed by atoms with Crippen LogP contribution in [-0.4, -0.2) is 54.0 Å². The van der Waals surface area contributed by atoms with E-state index in [0.717, 1.165) is 26.2 Å². The van der Waals surface area contributed by atoms with Crippen molar-refractivity contribution in [1.82, 2.24) is 14.9 Å². The number of aromatic nitrogens is 2. The summed E-state index contributed by atoms with van der Waals surface area (Å²) in [6.07, 6.45) is 1.59. The summed E-state index contributed by atoms with van der Waals surface area (Å²) >= 11 is 0. The summed E-state index contributed by atoms with van der Waals surface area (Å²) < 4.78 is 13.4.